The zero-order valence-electron chi connectivity index (χ0n) is 11.4. The van der Waals surface area contributed by atoms with Gasteiger partial charge < -0.3 is 10.1 Å². The molecule has 0 fully saturated rings. The lowest BCUT2D eigenvalue weighted by Gasteiger charge is -2.08. The minimum absolute atomic E-state index is 0.185. The molecule has 1 N–H and O–H groups in total. The summed E-state index contributed by atoms with van der Waals surface area (Å²) in [6.07, 6.45) is 0.216. The van der Waals surface area contributed by atoms with Crippen LogP contribution in [0.4, 0.5) is 5.69 Å². The standard InChI is InChI=1S/C16H13ClN2O2/c1-21-13-4-2-3-11(7-13)9-16(20)19-15-6-5-12(10-18)8-14(15)17/h2-8H,9H2,1H3,(H,19,20). The zero-order valence-corrected chi connectivity index (χ0v) is 12.1. The van der Waals surface area contributed by atoms with E-state index in [-0.39, 0.29) is 12.3 Å². The number of nitrogens with one attached hydrogen (secondary N) is 1. The number of methoxy groups -OCH3 is 1. The van der Waals surface area contributed by atoms with Crippen molar-refractivity contribution in [2.45, 2.75) is 6.42 Å². The molecule has 0 aliphatic rings. The molecule has 0 atom stereocenters. The Morgan fingerprint density at radius 3 is 2.81 bits per heavy atom. The Labute approximate surface area is 127 Å². The summed E-state index contributed by atoms with van der Waals surface area (Å²) < 4.78 is 5.12. The molecule has 2 aromatic carbocycles. The van der Waals surface area contributed by atoms with Crippen LogP contribution in [0.25, 0.3) is 0 Å². The van der Waals surface area contributed by atoms with Gasteiger partial charge in [0.05, 0.1) is 35.9 Å². The van der Waals surface area contributed by atoms with Crippen molar-refractivity contribution in [2.24, 2.45) is 0 Å². The lowest BCUT2D eigenvalue weighted by Crippen LogP contribution is -2.14. The van der Waals surface area contributed by atoms with Crippen molar-refractivity contribution in [3.8, 4) is 11.8 Å². The molecule has 5 heteroatoms. The highest BCUT2D eigenvalue weighted by Crippen LogP contribution is 2.23. The van der Waals surface area contributed by atoms with E-state index in [1.807, 2.05) is 24.3 Å². The third kappa shape index (κ3) is 3.98. The Bertz CT molecular complexity index is 708. The molecule has 1 amide bonds. The van der Waals surface area contributed by atoms with Crippen molar-refractivity contribution in [1.82, 2.24) is 0 Å². The lowest BCUT2D eigenvalue weighted by molar-refractivity contribution is -0.115. The van der Waals surface area contributed by atoms with Crippen molar-refractivity contribution in [3.05, 3.63) is 58.6 Å². The average molecular weight is 301 g/mol. The predicted molar refractivity (Wildman–Crippen MR) is 81.5 cm³/mol. The molecule has 2 rings (SSSR count). The van der Waals surface area contributed by atoms with E-state index >= 15 is 0 Å². The first-order valence-corrected chi connectivity index (χ1v) is 6.62. The van der Waals surface area contributed by atoms with Gasteiger partial charge in [-0.25, -0.2) is 0 Å². The normalized spacial score (nSPS) is 9.76. The summed E-state index contributed by atoms with van der Waals surface area (Å²) in [7, 11) is 1.58. The number of halogens is 1. The molecule has 0 heterocycles. The van der Waals surface area contributed by atoms with Crippen LogP contribution >= 0.6 is 11.6 Å². The quantitative estimate of drug-likeness (QED) is 0.941. The highest BCUT2D eigenvalue weighted by molar-refractivity contribution is 6.33. The molecule has 0 bridgehead atoms. The Kier molecular flexibility index (Phi) is 4.81. The molecular formula is C16H13ClN2O2. The molecule has 0 unspecified atom stereocenters. The maximum atomic E-state index is 12.0. The smallest absolute Gasteiger partial charge is 0.228 e. The van der Waals surface area contributed by atoms with Crippen molar-refractivity contribution in [3.63, 3.8) is 0 Å². The van der Waals surface area contributed by atoms with Crippen molar-refractivity contribution < 1.29 is 9.53 Å². The van der Waals surface area contributed by atoms with E-state index in [1.54, 1.807) is 25.3 Å². The summed E-state index contributed by atoms with van der Waals surface area (Å²) in [5.74, 6) is 0.520. The first kappa shape index (κ1) is 14.9. The molecule has 4 nitrogen and oxygen atoms in total. The van der Waals surface area contributed by atoms with E-state index in [1.165, 1.54) is 6.07 Å². The number of nitrogens with zero attached hydrogens (tertiary/aromatic N) is 1. The van der Waals surface area contributed by atoms with Gasteiger partial charge in [-0.15, -0.1) is 0 Å². The maximum Gasteiger partial charge on any atom is 0.228 e. The number of hydrogen-bond acceptors (Lipinski definition) is 3. The Morgan fingerprint density at radius 1 is 1.33 bits per heavy atom. The van der Waals surface area contributed by atoms with Gasteiger partial charge in [0, 0.05) is 0 Å². The van der Waals surface area contributed by atoms with Crippen LogP contribution in [0.2, 0.25) is 5.02 Å². The largest absolute Gasteiger partial charge is 0.497 e. The van der Waals surface area contributed by atoms with E-state index in [4.69, 9.17) is 21.6 Å². The molecule has 0 saturated carbocycles. The molecule has 0 aliphatic heterocycles. The lowest BCUT2D eigenvalue weighted by atomic mass is 10.1. The van der Waals surface area contributed by atoms with Crippen molar-refractivity contribution >= 4 is 23.2 Å². The summed E-state index contributed by atoms with van der Waals surface area (Å²) >= 11 is 6.02. The van der Waals surface area contributed by atoms with Gasteiger partial charge in [-0.3, -0.25) is 4.79 Å². The number of carbonyl (C=O) groups excluding carboxylic acids is 1. The number of benzene rings is 2. The SMILES string of the molecule is COc1cccc(CC(=O)Nc2ccc(C#N)cc2Cl)c1. The molecule has 0 spiro atoms. The van der Waals surface area contributed by atoms with Gasteiger partial charge in [-0.2, -0.15) is 5.26 Å². The average Bonchev–Trinajstić information content (AvgIpc) is 2.49. The second-order valence-corrected chi connectivity index (χ2v) is 4.79. The number of anilines is 1. The Hall–Kier alpha value is -2.51. The van der Waals surface area contributed by atoms with Gasteiger partial charge in [0.15, 0.2) is 0 Å². The third-order valence-corrected chi connectivity index (χ3v) is 3.18. The topological polar surface area (TPSA) is 62.1 Å². The molecule has 0 aromatic heterocycles. The van der Waals surface area contributed by atoms with Crippen molar-refractivity contribution in [2.75, 3.05) is 12.4 Å². The first-order chi connectivity index (χ1) is 10.1. The van der Waals surface area contributed by atoms with E-state index < -0.39 is 0 Å². The van der Waals surface area contributed by atoms with E-state index in [2.05, 4.69) is 5.32 Å². The number of hydrogen-bond donors (Lipinski definition) is 1. The van der Waals surface area contributed by atoms with Gasteiger partial charge in [0.1, 0.15) is 5.75 Å². The van der Waals surface area contributed by atoms with Gasteiger partial charge in [0.25, 0.3) is 0 Å². The summed E-state index contributed by atoms with van der Waals surface area (Å²) in [5, 5.41) is 11.8. The fraction of sp³-hybridized carbons (Fsp3) is 0.125. The van der Waals surface area contributed by atoms with Crippen LogP contribution in [0.1, 0.15) is 11.1 Å². The Balaban J connectivity index is 2.06. The fourth-order valence-corrected chi connectivity index (χ4v) is 2.08. The summed E-state index contributed by atoms with van der Waals surface area (Å²) in [4.78, 5) is 12.0. The summed E-state index contributed by atoms with van der Waals surface area (Å²) in [6, 6.07) is 14.0. The minimum atomic E-state index is -0.185. The van der Waals surface area contributed by atoms with Crippen LogP contribution in [0.3, 0.4) is 0 Å². The highest BCUT2D eigenvalue weighted by atomic mass is 35.5. The first-order valence-electron chi connectivity index (χ1n) is 6.25. The van der Waals surface area contributed by atoms with E-state index in [0.29, 0.717) is 22.0 Å². The molecule has 0 radical (unpaired) electrons. The summed E-state index contributed by atoms with van der Waals surface area (Å²) in [6.45, 7) is 0. The van der Waals surface area contributed by atoms with Crippen LogP contribution in [-0.2, 0) is 11.2 Å². The van der Waals surface area contributed by atoms with Gasteiger partial charge in [0.2, 0.25) is 5.91 Å². The van der Waals surface area contributed by atoms with Crippen LogP contribution in [0, 0.1) is 11.3 Å². The number of rotatable bonds is 4. The van der Waals surface area contributed by atoms with E-state index in [0.717, 1.165) is 5.56 Å². The molecule has 2 aromatic rings. The second-order valence-electron chi connectivity index (χ2n) is 4.38. The molecule has 0 saturated heterocycles. The Morgan fingerprint density at radius 2 is 2.14 bits per heavy atom. The molecular weight excluding hydrogens is 288 g/mol. The van der Waals surface area contributed by atoms with Gasteiger partial charge in [-0.05, 0) is 35.9 Å². The summed E-state index contributed by atoms with van der Waals surface area (Å²) in [5.41, 5.74) is 1.78. The van der Waals surface area contributed by atoms with Crippen molar-refractivity contribution in [1.29, 1.82) is 5.26 Å². The minimum Gasteiger partial charge on any atom is -0.497 e. The van der Waals surface area contributed by atoms with Crippen LogP contribution in [-0.4, -0.2) is 13.0 Å². The maximum absolute atomic E-state index is 12.0. The third-order valence-electron chi connectivity index (χ3n) is 2.87. The number of nitriles is 1. The molecule has 0 aliphatic carbocycles. The number of ether oxygens (including phenoxy) is 1. The van der Waals surface area contributed by atoms with Gasteiger partial charge in [-0.1, -0.05) is 23.7 Å². The zero-order chi connectivity index (χ0) is 15.2. The molecule has 21 heavy (non-hydrogen) atoms. The van der Waals surface area contributed by atoms with Crippen LogP contribution < -0.4 is 10.1 Å². The van der Waals surface area contributed by atoms with Crippen LogP contribution in [0.5, 0.6) is 5.75 Å². The second kappa shape index (κ2) is 6.78. The van der Waals surface area contributed by atoms with Crippen LogP contribution in [0.15, 0.2) is 42.5 Å². The molecule has 106 valence electrons. The number of amides is 1. The fourth-order valence-electron chi connectivity index (χ4n) is 1.85. The predicted octanol–water partition coefficient (Wildman–Crippen LogP) is 3.40. The number of carbonyl (C=O) groups is 1. The van der Waals surface area contributed by atoms with E-state index in [9.17, 15) is 4.79 Å². The monoisotopic (exact) mass is 300 g/mol. The van der Waals surface area contributed by atoms with Gasteiger partial charge >= 0.3 is 0 Å². The highest BCUT2D eigenvalue weighted by Gasteiger charge is 2.08.